The predicted molar refractivity (Wildman–Crippen MR) is 112 cm³/mol. The molecule has 2 saturated heterocycles. The van der Waals surface area contributed by atoms with E-state index < -0.39 is 0 Å². The topological polar surface area (TPSA) is 72.4 Å². The van der Waals surface area contributed by atoms with Crippen LogP contribution in [0.25, 0.3) is 11.4 Å². The standard InChI is InChI=1S/C21H31N7/c1-2-22-21(28-11-8-18(15-28)14-27-9-3-4-10-27)23-13-17-6-5-7-19(12-17)20-24-16-25-26-20/h5-7,12,16,18H,2-4,8-11,13-15H2,1H3,(H,22,23)(H,24,25,26). The molecule has 0 amide bonds. The Morgan fingerprint density at radius 3 is 2.96 bits per heavy atom. The number of rotatable bonds is 6. The van der Waals surface area contributed by atoms with Gasteiger partial charge in [0.05, 0.1) is 6.54 Å². The minimum atomic E-state index is 0.664. The van der Waals surface area contributed by atoms with Crippen LogP contribution >= 0.6 is 0 Å². The lowest BCUT2D eigenvalue weighted by Gasteiger charge is -2.23. The van der Waals surface area contributed by atoms with Crippen LogP contribution in [-0.4, -0.2) is 70.2 Å². The van der Waals surface area contributed by atoms with Gasteiger partial charge in [-0.05, 0) is 56.8 Å². The third-order valence-corrected chi connectivity index (χ3v) is 5.66. The molecule has 1 atom stereocenters. The van der Waals surface area contributed by atoms with Gasteiger partial charge in [0.1, 0.15) is 6.33 Å². The first-order valence-corrected chi connectivity index (χ1v) is 10.5. The zero-order chi connectivity index (χ0) is 19.2. The highest BCUT2D eigenvalue weighted by Gasteiger charge is 2.27. The number of aromatic nitrogens is 3. The summed E-state index contributed by atoms with van der Waals surface area (Å²) in [7, 11) is 0. The SMILES string of the molecule is CCNC(=NCc1cccc(-c2ncn[nH]2)c1)N1CCC(CN2CCCC2)C1. The van der Waals surface area contributed by atoms with E-state index in [1.165, 1.54) is 50.8 Å². The number of H-pyrrole nitrogens is 1. The first-order chi connectivity index (χ1) is 13.8. The van der Waals surface area contributed by atoms with Crippen LogP contribution in [0, 0.1) is 5.92 Å². The van der Waals surface area contributed by atoms with E-state index >= 15 is 0 Å². The second-order valence-corrected chi connectivity index (χ2v) is 7.81. The van der Waals surface area contributed by atoms with E-state index in [4.69, 9.17) is 4.99 Å². The summed E-state index contributed by atoms with van der Waals surface area (Å²) in [6, 6.07) is 8.35. The molecule has 0 aliphatic carbocycles. The molecule has 2 aliphatic heterocycles. The van der Waals surface area contributed by atoms with Gasteiger partial charge in [-0.3, -0.25) is 5.10 Å². The number of benzene rings is 1. The van der Waals surface area contributed by atoms with Crippen LogP contribution in [-0.2, 0) is 6.54 Å². The summed E-state index contributed by atoms with van der Waals surface area (Å²) in [4.78, 5) is 14.2. The van der Waals surface area contributed by atoms with Gasteiger partial charge < -0.3 is 15.1 Å². The lowest BCUT2D eigenvalue weighted by molar-refractivity contribution is 0.281. The summed E-state index contributed by atoms with van der Waals surface area (Å²) < 4.78 is 0. The molecule has 2 N–H and O–H groups in total. The number of hydrogen-bond acceptors (Lipinski definition) is 4. The van der Waals surface area contributed by atoms with Gasteiger partial charge in [0.15, 0.2) is 11.8 Å². The van der Waals surface area contributed by atoms with Gasteiger partial charge in [-0.25, -0.2) is 9.98 Å². The zero-order valence-corrected chi connectivity index (χ0v) is 16.8. The molecule has 1 aromatic carbocycles. The third kappa shape index (κ3) is 4.70. The van der Waals surface area contributed by atoms with Crippen molar-refractivity contribution in [2.24, 2.45) is 10.9 Å². The van der Waals surface area contributed by atoms with Crippen molar-refractivity contribution in [3.8, 4) is 11.4 Å². The van der Waals surface area contributed by atoms with Crippen molar-refractivity contribution < 1.29 is 0 Å². The molecule has 0 saturated carbocycles. The molecule has 0 spiro atoms. The second kappa shape index (κ2) is 9.19. The fraction of sp³-hybridized carbons (Fsp3) is 0.571. The molecule has 4 rings (SSSR count). The molecule has 0 bridgehead atoms. The molecule has 2 aromatic rings. The summed E-state index contributed by atoms with van der Waals surface area (Å²) in [5, 5.41) is 10.3. The molecule has 2 aliphatic rings. The summed E-state index contributed by atoms with van der Waals surface area (Å²) in [5.41, 5.74) is 2.22. The number of aromatic amines is 1. The largest absolute Gasteiger partial charge is 0.357 e. The number of likely N-dealkylation sites (tertiary alicyclic amines) is 2. The summed E-state index contributed by atoms with van der Waals surface area (Å²) >= 11 is 0. The highest BCUT2D eigenvalue weighted by atomic mass is 15.3. The van der Waals surface area contributed by atoms with E-state index in [1.54, 1.807) is 0 Å². The van der Waals surface area contributed by atoms with Gasteiger partial charge in [-0.2, -0.15) is 5.10 Å². The minimum Gasteiger partial charge on any atom is -0.357 e. The van der Waals surface area contributed by atoms with Crippen LogP contribution < -0.4 is 5.32 Å². The van der Waals surface area contributed by atoms with Crippen molar-refractivity contribution in [3.63, 3.8) is 0 Å². The van der Waals surface area contributed by atoms with Crippen LogP contribution in [0.15, 0.2) is 35.6 Å². The molecule has 7 heteroatoms. The molecule has 150 valence electrons. The molecule has 3 heterocycles. The molecule has 1 unspecified atom stereocenters. The van der Waals surface area contributed by atoms with Gasteiger partial charge >= 0.3 is 0 Å². The number of aliphatic imine (C=N–C) groups is 1. The summed E-state index contributed by atoms with van der Waals surface area (Å²) in [5.74, 6) is 2.59. The quantitative estimate of drug-likeness (QED) is 0.594. The average molecular weight is 382 g/mol. The van der Waals surface area contributed by atoms with Crippen molar-refractivity contribution in [3.05, 3.63) is 36.2 Å². The smallest absolute Gasteiger partial charge is 0.194 e. The summed E-state index contributed by atoms with van der Waals surface area (Å²) in [6.45, 7) is 9.72. The van der Waals surface area contributed by atoms with Gasteiger partial charge in [0.2, 0.25) is 0 Å². The van der Waals surface area contributed by atoms with Crippen molar-refractivity contribution in [2.75, 3.05) is 39.3 Å². The maximum Gasteiger partial charge on any atom is 0.194 e. The average Bonchev–Trinajstić information content (AvgIpc) is 3.48. The van der Waals surface area contributed by atoms with Crippen LogP contribution in [0.1, 0.15) is 31.7 Å². The van der Waals surface area contributed by atoms with Crippen molar-refractivity contribution in [2.45, 2.75) is 32.7 Å². The number of nitrogens with zero attached hydrogens (tertiary/aromatic N) is 5. The van der Waals surface area contributed by atoms with Crippen molar-refractivity contribution in [1.82, 2.24) is 30.3 Å². The molecule has 2 fully saturated rings. The highest BCUT2D eigenvalue weighted by molar-refractivity contribution is 5.80. The Bertz CT molecular complexity index is 765. The van der Waals surface area contributed by atoms with Gasteiger partial charge in [0, 0.05) is 31.7 Å². The summed E-state index contributed by atoms with van der Waals surface area (Å²) in [6.07, 6.45) is 5.54. The first kappa shape index (κ1) is 18.9. The predicted octanol–water partition coefficient (Wildman–Crippen LogP) is 2.35. The van der Waals surface area contributed by atoms with Crippen molar-refractivity contribution >= 4 is 5.96 Å². The van der Waals surface area contributed by atoms with Crippen LogP contribution in [0.4, 0.5) is 0 Å². The lowest BCUT2D eigenvalue weighted by atomic mass is 10.1. The Morgan fingerprint density at radius 1 is 1.29 bits per heavy atom. The van der Waals surface area contributed by atoms with Crippen LogP contribution in [0.5, 0.6) is 0 Å². The maximum atomic E-state index is 4.93. The molecular formula is C21H31N7. The molecular weight excluding hydrogens is 350 g/mol. The van der Waals surface area contributed by atoms with Gasteiger partial charge in [-0.15, -0.1) is 0 Å². The van der Waals surface area contributed by atoms with E-state index in [1.807, 2.05) is 6.07 Å². The fourth-order valence-electron chi connectivity index (χ4n) is 4.26. The van der Waals surface area contributed by atoms with E-state index in [0.29, 0.717) is 6.54 Å². The minimum absolute atomic E-state index is 0.664. The Morgan fingerprint density at radius 2 is 2.18 bits per heavy atom. The monoisotopic (exact) mass is 381 g/mol. The Kier molecular flexibility index (Phi) is 6.21. The van der Waals surface area contributed by atoms with E-state index in [9.17, 15) is 0 Å². The van der Waals surface area contributed by atoms with Crippen LogP contribution in [0.2, 0.25) is 0 Å². The fourth-order valence-corrected chi connectivity index (χ4v) is 4.26. The number of nitrogens with one attached hydrogen (secondary N) is 2. The first-order valence-electron chi connectivity index (χ1n) is 10.5. The lowest BCUT2D eigenvalue weighted by Crippen LogP contribution is -2.40. The Balaban J connectivity index is 1.39. The zero-order valence-electron chi connectivity index (χ0n) is 16.8. The number of guanidine groups is 1. The Hall–Kier alpha value is -2.41. The highest BCUT2D eigenvalue weighted by Crippen LogP contribution is 2.21. The maximum absolute atomic E-state index is 4.93. The Labute approximate surface area is 167 Å². The van der Waals surface area contributed by atoms with E-state index in [2.05, 4.69) is 55.4 Å². The second-order valence-electron chi connectivity index (χ2n) is 7.81. The normalized spacial score (nSPS) is 20.8. The molecule has 1 aromatic heterocycles. The molecule has 7 nitrogen and oxygen atoms in total. The van der Waals surface area contributed by atoms with Gasteiger partial charge in [-0.1, -0.05) is 18.2 Å². The number of hydrogen-bond donors (Lipinski definition) is 2. The van der Waals surface area contributed by atoms with Gasteiger partial charge in [0.25, 0.3) is 0 Å². The third-order valence-electron chi connectivity index (χ3n) is 5.66. The van der Waals surface area contributed by atoms with E-state index in [-0.39, 0.29) is 0 Å². The molecule has 28 heavy (non-hydrogen) atoms. The molecule has 0 radical (unpaired) electrons. The van der Waals surface area contributed by atoms with E-state index in [0.717, 1.165) is 42.9 Å². The van der Waals surface area contributed by atoms with Crippen LogP contribution in [0.3, 0.4) is 0 Å². The van der Waals surface area contributed by atoms with Crippen molar-refractivity contribution in [1.29, 1.82) is 0 Å².